The molecule has 3 heteroatoms. The van der Waals surface area contributed by atoms with Crippen LogP contribution in [0.2, 0.25) is 0 Å². The maximum absolute atomic E-state index is 6.59. The molecule has 11 aromatic rings. The Labute approximate surface area is 318 Å². The quantitative estimate of drug-likeness (QED) is 0.172. The molecule has 0 unspecified atom stereocenters. The largest absolute Gasteiger partial charge is 0.454 e. The molecule has 0 atom stereocenters. The zero-order chi connectivity index (χ0) is 36.3. The molecule has 0 aliphatic carbocycles. The van der Waals surface area contributed by atoms with Crippen molar-refractivity contribution < 1.29 is 4.42 Å². The molecular formula is C52H34N2O. The highest BCUT2D eigenvalue weighted by atomic mass is 16.3. The highest BCUT2D eigenvalue weighted by molar-refractivity contribution is 6.19. The van der Waals surface area contributed by atoms with Crippen molar-refractivity contribution >= 4 is 71.6 Å². The lowest BCUT2D eigenvalue weighted by Gasteiger charge is -2.26. The highest BCUT2D eigenvalue weighted by Crippen LogP contribution is 2.43. The first-order chi connectivity index (χ1) is 27.3. The third-order valence-electron chi connectivity index (χ3n) is 11.0. The number of fused-ring (bicyclic) bond motifs is 8. The molecule has 3 nitrogen and oxygen atoms in total. The summed E-state index contributed by atoms with van der Waals surface area (Å²) in [7, 11) is 0. The summed E-state index contributed by atoms with van der Waals surface area (Å²) in [5.74, 6) is 0. The Hall–Kier alpha value is -7.36. The van der Waals surface area contributed by atoms with Gasteiger partial charge in [0.15, 0.2) is 5.58 Å². The van der Waals surface area contributed by atoms with Gasteiger partial charge in [0.2, 0.25) is 0 Å². The molecule has 0 saturated carbocycles. The van der Waals surface area contributed by atoms with Crippen molar-refractivity contribution in [3.8, 4) is 27.9 Å². The van der Waals surface area contributed by atoms with E-state index in [1.165, 1.54) is 49.3 Å². The van der Waals surface area contributed by atoms with E-state index in [-0.39, 0.29) is 0 Å². The van der Waals surface area contributed by atoms with Gasteiger partial charge in [-0.3, -0.25) is 0 Å². The van der Waals surface area contributed by atoms with E-state index in [1.807, 2.05) is 12.1 Å². The number of furan rings is 1. The minimum Gasteiger partial charge on any atom is -0.454 e. The lowest BCUT2D eigenvalue weighted by atomic mass is 10.0. The van der Waals surface area contributed by atoms with Crippen LogP contribution in [0.5, 0.6) is 0 Å². The van der Waals surface area contributed by atoms with E-state index in [1.54, 1.807) is 0 Å². The Morgan fingerprint density at radius 2 is 0.964 bits per heavy atom. The number of hydrogen-bond acceptors (Lipinski definition) is 2. The topological polar surface area (TPSA) is 21.3 Å². The summed E-state index contributed by atoms with van der Waals surface area (Å²) >= 11 is 0. The van der Waals surface area contributed by atoms with Gasteiger partial charge in [0.25, 0.3) is 0 Å². The first kappa shape index (κ1) is 31.2. The number of nitrogens with zero attached hydrogens (tertiary/aromatic N) is 2. The maximum Gasteiger partial charge on any atom is 0.159 e. The Morgan fingerprint density at radius 1 is 0.382 bits per heavy atom. The number of hydrogen-bond donors (Lipinski definition) is 0. The Balaban J connectivity index is 1.06. The molecule has 2 aromatic heterocycles. The summed E-state index contributed by atoms with van der Waals surface area (Å²) in [6.45, 7) is 0. The number of anilines is 3. The van der Waals surface area contributed by atoms with Crippen LogP contribution < -0.4 is 4.90 Å². The molecule has 0 aliphatic rings. The van der Waals surface area contributed by atoms with Crippen molar-refractivity contribution in [2.45, 2.75) is 0 Å². The minimum atomic E-state index is 0.867. The van der Waals surface area contributed by atoms with Gasteiger partial charge in [-0.25, -0.2) is 0 Å². The molecule has 55 heavy (non-hydrogen) atoms. The standard InChI is InChI=1S/C52H34N2O/c1-3-12-35(13-4-1)36-22-28-41(29-23-36)53(48-20-11-19-47-45-18-9-10-21-50(45)55-52(47)48)42-30-24-37(25-31-42)39-27-32-44-46-33-26-38-14-7-8-17-43(38)51(46)54(49(44)34-39)40-15-5-2-6-16-40/h1-34H. The van der Waals surface area contributed by atoms with E-state index in [0.29, 0.717) is 0 Å². The van der Waals surface area contributed by atoms with Crippen molar-refractivity contribution in [1.82, 2.24) is 4.57 Å². The second kappa shape index (κ2) is 12.6. The Kier molecular flexibility index (Phi) is 7.17. The summed E-state index contributed by atoms with van der Waals surface area (Å²) in [4.78, 5) is 2.31. The van der Waals surface area contributed by atoms with Crippen LogP contribution >= 0.6 is 0 Å². The smallest absolute Gasteiger partial charge is 0.159 e. The number of benzene rings is 9. The molecule has 0 saturated heterocycles. The molecule has 0 fully saturated rings. The molecule has 9 aromatic carbocycles. The van der Waals surface area contributed by atoms with Gasteiger partial charge in [-0.05, 0) is 82.2 Å². The molecule has 0 aliphatic heterocycles. The lowest BCUT2D eigenvalue weighted by Crippen LogP contribution is -2.10. The molecule has 11 rings (SSSR count). The van der Waals surface area contributed by atoms with Crippen molar-refractivity contribution in [2.75, 3.05) is 4.90 Å². The summed E-state index contributed by atoms with van der Waals surface area (Å²) in [5.41, 5.74) is 13.1. The highest BCUT2D eigenvalue weighted by Gasteiger charge is 2.20. The Bertz CT molecular complexity index is 3180. The van der Waals surface area contributed by atoms with E-state index in [0.717, 1.165) is 50.3 Å². The van der Waals surface area contributed by atoms with Gasteiger partial charge in [0, 0.05) is 44.0 Å². The number of para-hydroxylation sites is 3. The van der Waals surface area contributed by atoms with Crippen molar-refractivity contribution in [3.63, 3.8) is 0 Å². The van der Waals surface area contributed by atoms with Crippen LogP contribution in [0.15, 0.2) is 211 Å². The van der Waals surface area contributed by atoms with E-state index >= 15 is 0 Å². The lowest BCUT2D eigenvalue weighted by molar-refractivity contribution is 0.669. The first-order valence-electron chi connectivity index (χ1n) is 18.8. The first-order valence-corrected chi connectivity index (χ1v) is 18.8. The molecule has 0 amide bonds. The summed E-state index contributed by atoms with van der Waals surface area (Å²) < 4.78 is 9.02. The third-order valence-corrected chi connectivity index (χ3v) is 11.0. The molecule has 0 bridgehead atoms. The van der Waals surface area contributed by atoms with Gasteiger partial charge in [-0.15, -0.1) is 0 Å². The maximum atomic E-state index is 6.59. The minimum absolute atomic E-state index is 0.867. The zero-order valence-electron chi connectivity index (χ0n) is 29.9. The summed E-state index contributed by atoms with van der Waals surface area (Å²) in [6.07, 6.45) is 0. The van der Waals surface area contributed by atoms with Gasteiger partial charge in [-0.1, -0.05) is 152 Å². The molecule has 2 heterocycles. The molecule has 0 spiro atoms. The normalized spacial score (nSPS) is 11.6. The van der Waals surface area contributed by atoms with Crippen LogP contribution in [0.4, 0.5) is 17.1 Å². The van der Waals surface area contributed by atoms with Crippen LogP contribution in [0.1, 0.15) is 0 Å². The number of aromatic nitrogens is 1. The van der Waals surface area contributed by atoms with Gasteiger partial charge in [-0.2, -0.15) is 0 Å². The van der Waals surface area contributed by atoms with Gasteiger partial charge < -0.3 is 13.9 Å². The fraction of sp³-hybridized carbons (Fsp3) is 0. The van der Waals surface area contributed by atoms with Gasteiger partial charge in [0.05, 0.1) is 16.7 Å². The zero-order valence-corrected chi connectivity index (χ0v) is 29.9. The average Bonchev–Trinajstić information content (AvgIpc) is 3.81. The van der Waals surface area contributed by atoms with Crippen LogP contribution in [0.3, 0.4) is 0 Å². The second-order valence-corrected chi connectivity index (χ2v) is 14.1. The predicted molar refractivity (Wildman–Crippen MR) is 231 cm³/mol. The van der Waals surface area contributed by atoms with Gasteiger partial charge in [0.1, 0.15) is 5.58 Å². The van der Waals surface area contributed by atoms with Crippen LogP contribution in [0, 0.1) is 0 Å². The van der Waals surface area contributed by atoms with E-state index in [2.05, 4.69) is 204 Å². The van der Waals surface area contributed by atoms with Gasteiger partial charge >= 0.3 is 0 Å². The average molecular weight is 703 g/mol. The molecule has 258 valence electrons. The molecule has 0 N–H and O–H groups in total. The van der Waals surface area contributed by atoms with Crippen molar-refractivity contribution in [2.24, 2.45) is 0 Å². The fourth-order valence-corrected chi connectivity index (χ4v) is 8.38. The fourth-order valence-electron chi connectivity index (χ4n) is 8.38. The van der Waals surface area contributed by atoms with E-state index in [9.17, 15) is 0 Å². The third kappa shape index (κ3) is 5.13. The van der Waals surface area contributed by atoms with Crippen molar-refractivity contribution in [1.29, 1.82) is 0 Å². The SMILES string of the molecule is c1ccc(-c2ccc(N(c3ccc(-c4ccc5c6ccc7ccccc7c6n(-c6ccccc6)c5c4)cc3)c3cccc4c3oc3ccccc34)cc2)cc1. The van der Waals surface area contributed by atoms with Crippen LogP contribution in [-0.4, -0.2) is 4.57 Å². The van der Waals surface area contributed by atoms with E-state index < -0.39 is 0 Å². The second-order valence-electron chi connectivity index (χ2n) is 14.1. The van der Waals surface area contributed by atoms with Crippen molar-refractivity contribution in [3.05, 3.63) is 206 Å². The molecule has 0 radical (unpaired) electrons. The summed E-state index contributed by atoms with van der Waals surface area (Å²) in [5, 5.41) is 7.21. The Morgan fingerprint density at radius 3 is 1.73 bits per heavy atom. The number of rotatable bonds is 6. The van der Waals surface area contributed by atoms with Crippen LogP contribution in [-0.2, 0) is 0 Å². The van der Waals surface area contributed by atoms with Crippen LogP contribution in [0.25, 0.3) is 82.5 Å². The monoisotopic (exact) mass is 702 g/mol. The molecular weight excluding hydrogens is 669 g/mol. The van der Waals surface area contributed by atoms with E-state index in [4.69, 9.17) is 4.42 Å². The predicted octanol–water partition coefficient (Wildman–Crippen LogP) is 14.6. The summed E-state index contributed by atoms with van der Waals surface area (Å²) in [6, 6.07) is 73.8.